The first-order chi connectivity index (χ1) is 15.0. The minimum absolute atomic E-state index is 0.130. The van der Waals surface area contributed by atoms with Gasteiger partial charge in [0.05, 0.1) is 12.7 Å². The highest BCUT2D eigenvalue weighted by Crippen LogP contribution is 2.37. The van der Waals surface area contributed by atoms with E-state index < -0.39 is 5.97 Å². The number of aromatic hydroxyl groups is 1. The molecule has 0 saturated heterocycles. The van der Waals surface area contributed by atoms with E-state index in [2.05, 4.69) is 5.32 Å². The number of nitrogens with one attached hydrogen (secondary N) is 1. The molecule has 0 saturated carbocycles. The summed E-state index contributed by atoms with van der Waals surface area (Å²) in [5, 5.41) is 14.2. The smallest absolute Gasteiger partial charge is 0.338 e. The van der Waals surface area contributed by atoms with E-state index in [0.29, 0.717) is 29.0 Å². The Morgan fingerprint density at radius 3 is 2.58 bits per heavy atom. The molecule has 0 radical (unpaired) electrons. The molecule has 0 aliphatic carbocycles. The van der Waals surface area contributed by atoms with Crippen LogP contribution in [0.4, 0.5) is 11.5 Å². The summed E-state index contributed by atoms with van der Waals surface area (Å²) in [4.78, 5) is 18.6. The number of imidazole rings is 1. The fraction of sp³-hybridized carbons (Fsp3) is 0.167. The van der Waals surface area contributed by atoms with E-state index in [4.69, 9.17) is 9.72 Å². The minimum Gasteiger partial charge on any atom is -0.507 e. The average Bonchev–Trinajstić information content (AvgIpc) is 3.15. The van der Waals surface area contributed by atoms with Crippen LogP contribution in [0.2, 0.25) is 0 Å². The molecule has 7 nitrogen and oxygen atoms in total. The highest BCUT2D eigenvalue weighted by molar-refractivity contribution is 5.91. The van der Waals surface area contributed by atoms with Crippen LogP contribution in [-0.4, -0.2) is 41.7 Å². The Labute approximate surface area is 180 Å². The van der Waals surface area contributed by atoms with E-state index in [1.165, 1.54) is 7.11 Å². The summed E-state index contributed by atoms with van der Waals surface area (Å²) >= 11 is 0. The van der Waals surface area contributed by atoms with Crippen molar-refractivity contribution in [2.24, 2.45) is 0 Å². The first-order valence-corrected chi connectivity index (χ1v) is 9.87. The van der Waals surface area contributed by atoms with Gasteiger partial charge in [-0.25, -0.2) is 9.78 Å². The van der Waals surface area contributed by atoms with Crippen molar-refractivity contribution in [3.63, 3.8) is 0 Å². The van der Waals surface area contributed by atoms with Crippen LogP contribution < -0.4 is 10.2 Å². The van der Waals surface area contributed by atoms with E-state index in [9.17, 15) is 9.90 Å². The van der Waals surface area contributed by atoms with Crippen molar-refractivity contribution in [2.45, 2.75) is 6.54 Å². The molecule has 7 heteroatoms. The lowest BCUT2D eigenvalue weighted by atomic mass is 10.1. The molecule has 0 fully saturated rings. The Bertz CT molecular complexity index is 1230. The number of pyridine rings is 1. The zero-order valence-electron chi connectivity index (χ0n) is 17.7. The first-order valence-electron chi connectivity index (χ1n) is 9.87. The van der Waals surface area contributed by atoms with Crippen LogP contribution in [-0.2, 0) is 11.3 Å². The van der Waals surface area contributed by atoms with Crippen LogP contribution in [0.1, 0.15) is 15.9 Å². The lowest BCUT2D eigenvalue weighted by Gasteiger charge is -2.14. The zero-order valence-corrected chi connectivity index (χ0v) is 17.7. The Morgan fingerprint density at radius 1 is 1.13 bits per heavy atom. The number of hydrogen-bond acceptors (Lipinski definition) is 6. The molecule has 2 N–H and O–H groups in total. The summed E-state index contributed by atoms with van der Waals surface area (Å²) < 4.78 is 6.70. The van der Waals surface area contributed by atoms with Gasteiger partial charge in [-0.15, -0.1) is 0 Å². The van der Waals surface area contributed by atoms with Crippen molar-refractivity contribution in [3.05, 3.63) is 78.0 Å². The summed E-state index contributed by atoms with van der Waals surface area (Å²) in [5.41, 5.74) is 4.18. The van der Waals surface area contributed by atoms with Crippen molar-refractivity contribution >= 4 is 23.1 Å². The number of rotatable bonds is 6. The summed E-state index contributed by atoms with van der Waals surface area (Å²) in [5.74, 6) is 0.428. The second-order valence-corrected chi connectivity index (χ2v) is 7.38. The van der Waals surface area contributed by atoms with Crippen LogP contribution in [0.3, 0.4) is 0 Å². The highest BCUT2D eigenvalue weighted by Gasteiger charge is 2.19. The van der Waals surface area contributed by atoms with Gasteiger partial charge in [-0.3, -0.25) is 4.40 Å². The van der Waals surface area contributed by atoms with Gasteiger partial charge in [-0.1, -0.05) is 30.3 Å². The van der Waals surface area contributed by atoms with Crippen molar-refractivity contribution in [2.75, 3.05) is 31.4 Å². The molecule has 2 heterocycles. The molecule has 31 heavy (non-hydrogen) atoms. The van der Waals surface area contributed by atoms with Gasteiger partial charge >= 0.3 is 5.97 Å². The van der Waals surface area contributed by atoms with Crippen molar-refractivity contribution in [1.82, 2.24) is 9.38 Å². The van der Waals surface area contributed by atoms with Gasteiger partial charge in [0, 0.05) is 44.2 Å². The molecule has 0 amide bonds. The number of aromatic nitrogens is 2. The molecule has 0 unspecified atom stereocenters. The van der Waals surface area contributed by atoms with Gasteiger partial charge in [0.15, 0.2) is 0 Å². The third-order valence-corrected chi connectivity index (χ3v) is 5.10. The van der Waals surface area contributed by atoms with Gasteiger partial charge < -0.3 is 20.1 Å². The van der Waals surface area contributed by atoms with Crippen LogP contribution in [0.25, 0.3) is 16.9 Å². The number of phenols is 1. The van der Waals surface area contributed by atoms with E-state index >= 15 is 0 Å². The van der Waals surface area contributed by atoms with Gasteiger partial charge in [0.1, 0.15) is 22.9 Å². The molecular weight excluding hydrogens is 392 g/mol. The number of ether oxygens (including phenoxy) is 1. The summed E-state index contributed by atoms with van der Waals surface area (Å²) in [6.07, 6.45) is 1.77. The van der Waals surface area contributed by atoms with Crippen molar-refractivity contribution in [1.29, 1.82) is 0 Å². The number of esters is 1. The zero-order chi connectivity index (χ0) is 22.0. The number of nitrogens with zero attached hydrogens (tertiary/aromatic N) is 3. The van der Waals surface area contributed by atoms with E-state index in [0.717, 1.165) is 17.1 Å². The largest absolute Gasteiger partial charge is 0.507 e. The fourth-order valence-corrected chi connectivity index (χ4v) is 3.43. The number of anilines is 2. The number of hydrogen-bond donors (Lipinski definition) is 2. The summed E-state index contributed by atoms with van der Waals surface area (Å²) in [6, 6.07) is 18.9. The topological polar surface area (TPSA) is 79.1 Å². The molecule has 0 atom stereocenters. The molecule has 0 aliphatic heterocycles. The number of fused-ring (bicyclic) bond motifs is 1. The fourth-order valence-electron chi connectivity index (χ4n) is 3.43. The Balaban J connectivity index is 1.82. The molecular formula is C24H24N4O3. The Morgan fingerprint density at radius 2 is 1.90 bits per heavy atom. The number of carbonyl (C=O) groups is 1. The molecule has 2 aromatic heterocycles. The predicted molar refractivity (Wildman–Crippen MR) is 122 cm³/mol. The predicted octanol–water partition coefficient (Wildman–Crippen LogP) is 4.17. The quantitative estimate of drug-likeness (QED) is 0.459. The standard InChI is InChI=1S/C24H24N4O3/c1-27(2)18-9-10-19(20(29)14-18)22-23(25-15-16-7-5-4-6-8-16)28-12-11-17(24(30)31-3)13-21(28)26-22/h4-14,25,29H,15H2,1-3H3. The Kier molecular flexibility index (Phi) is 5.49. The normalized spacial score (nSPS) is 10.8. The third-order valence-electron chi connectivity index (χ3n) is 5.10. The van der Waals surface area contributed by atoms with Crippen LogP contribution in [0.5, 0.6) is 5.75 Å². The second kappa shape index (κ2) is 8.39. The van der Waals surface area contributed by atoms with Gasteiger partial charge in [0.25, 0.3) is 0 Å². The number of methoxy groups -OCH3 is 1. The molecule has 4 aromatic rings. The maximum atomic E-state index is 12.0. The minimum atomic E-state index is -0.427. The van der Waals surface area contributed by atoms with Crippen molar-refractivity contribution < 1.29 is 14.6 Å². The maximum absolute atomic E-state index is 12.0. The van der Waals surface area contributed by atoms with E-state index in [1.807, 2.05) is 65.9 Å². The van der Waals surface area contributed by atoms with Gasteiger partial charge in [0.2, 0.25) is 0 Å². The molecule has 0 aliphatic rings. The van der Waals surface area contributed by atoms with Gasteiger partial charge in [-0.05, 0) is 29.8 Å². The van der Waals surface area contributed by atoms with E-state index in [-0.39, 0.29) is 5.75 Å². The highest BCUT2D eigenvalue weighted by atomic mass is 16.5. The summed E-state index contributed by atoms with van der Waals surface area (Å²) in [6.45, 7) is 0.580. The summed E-state index contributed by atoms with van der Waals surface area (Å²) in [7, 11) is 5.18. The number of benzene rings is 2. The van der Waals surface area contributed by atoms with Crippen molar-refractivity contribution in [3.8, 4) is 17.0 Å². The SMILES string of the molecule is COC(=O)c1ccn2c(NCc3ccccc3)c(-c3ccc(N(C)C)cc3O)nc2c1. The number of carbonyl (C=O) groups excluding carboxylic acids is 1. The average molecular weight is 416 g/mol. The monoisotopic (exact) mass is 416 g/mol. The van der Waals surface area contributed by atoms with Crippen LogP contribution in [0.15, 0.2) is 66.9 Å². The maximum Gasteiger partial charge on any atom is 0.338 e. The Hall–Kier alpha value is -4.00. The second-order valence-electron chi connectivity index (χ2n) is 7.38. The lowest BCUT2D eigenvalue weighted by molar-refractivity contribution is 0.0600. The molecule has 4 rings (SSSR count). The molecule has 158 valence electrons. The van der Waals surface area contributed by atoms with Gasteiger partial charge in [-0.2, -0.15) is 0 Å². The molecule has 2 aromatic carbocycles. The molecule has 0 spiro atoms. The van der Waals surface area contributed by atoms with E-state index in [1.54, 1.807) is 24.4 Å². The van der Waals surface area contributed by atoms with Crippen LogP contribution >= 0.6 is 0 Å². The third kappa shape index (κ3) is 4.02. The lowest BCUT2D eigenvalue weighted by Crippen LogP contribution is -2.08. The number of phenolic OH excluding ortho intramolecular Hbond substituents is 1. The molecule has 0 bridgehead atoms. The van der Waals surface area contributed by atoms with Crippen LogP contribution in [0, 0.1) is 0 Å². The first kappa shape index (κ1) is 20.3.